The predicted octanol–water partition coefficient (Wildman–Crippen LogP) is 6.53. The molecule has 1 unspecified atom stereocenters. The first-order valence-electron chi connectivity index (χ1n) is 13.5. The lowest BCUT2D eigenvalue weighted by Crippen LogP contribution is -2.29. The fraction of sp³-hybridized carbons (Fsp3) is 0.333. The van der Waals surface area contributed by atoms with Crippen molar-refractivity contribution >= 4 is 28.8 Å². The van der Waals surface area contributed by atoms with Crippen LogP contribution in [0.15, 0.2) is 72.3 Å². The van der Waals surface area contributed by atoms with E-state index in [2.05, 4.69) is 25.7 Å². The molecule has 5 rings (SSSR count). The van der Waals surface area contributed by atoms with Crippen LogP contribution >= 0.6 is 0 Å². The molecule has 2 heterocycles. The molecule has 39 heavy (non-hydrogen) atoms. The molecular weight excluding hydrogens is 488 g/mol. The van der Waals surface area contributed by atoms with Gasteiger partial charge in [-0.2, -0.15) is 0 Å². The molecule has 1 atom stereocenters. The largest absolute Gasteiger partial charge is 0.507 e. The van der Waals surface area contributed by atoms with Gasteiger partial charge in [-0.3, -0.25) is 14.5 Å². The second-order valence-electron chi connectivity index (χ2n) is 11.4. The van der Waals surface area contributed by atoms with E-state index in [-0.39, 0.29) is 16.7 Å². The van der Waals surface area contributed by atoms with Crippen LogP contribution in [0.1, 0.15) is 61.9 Å². The third-order valence-electron chi connectivity index (χ3n) is 7.81. The Balaban J connectivity index is 1.66. The molecule has 202 valence electrons. The molecule has 2 aliphatic heterocycles. The van der Waals surface area contributed by atoms with Crippen LogP contribution in [0.5, 0.6) is 5.75 Å². The fourth-order valence-electron chi connectivity index (χ4n) is 5.68. The number of benzene rings is 3. The Morgan fingerprint density at radius 1 is 0.923 bits per heavy atom. The second-order valence-corrected chi connectivity index (χ2v) is 11.4. The number of carbonyl (C=O) groups is 2. The smallest absolute Gasteiger partial charge is 0.300 e. The number of aliphatic hydroxyl groups excluding tert-OH is 1. The quantitative estimate of drug-likeness (QED) is 0.234. The van der Waals surface area contributed by atoms with Crippen molar-refractivity contribution in [3.05, 3.63) is 94.6 Å². The number of carbonyl (C=O) groups excluding carboxylic acids is 2. The molecular formula is C33H36N2O4. The van der Waals surface area contributed by atoms with Gasteiger partial charge in [0.15, 0.2) is 0 Å². The number of amides is 1. The van der Waals surface area contributed by atoms with E-state index in [4.69, 9.17) is 4.74 Å². The highest BCUT2D eigenvalue weighted by atomic mass is 16.5. The van der Waals surface area contributed by atoms with Gasteiger partial charge in [-0.15, -0.1) is 0 Å². The number of Topliss-reactive ketones (excluding diaryl/α,β-unsaturated/α-hetero) is 1. The van der Waals surface area contributed by atoms with Crippen LogP contribution in [0, 0.1) is 6.92 Å². The number of rotatable bonds is 5. The van der Waals surface area contributed by atoms with Crippen LogP contribution in [0.2, 0.25) is 0 Å². The van der Waals surface area contributed by atoms with Crippen molar-refractivity contribution in [2.75, 3.05) is 30.0 Å². The summed E-state index contributed by atoms with van der Waals surface area (Å²) in [6.07, 6.45) is 2.35. The minimum atomic E-state index is -0.760. The lowest BCUT2D eigenvalue weighted by atomic mass is 9.84. The van der Waals surface area contributed by atoms with Gasteiger partial charge in [-0.05, 0) is 78.8 Å². The van der Waals surface area contributed by atoms with Crippen molar-refractivity contribution in [2.45, 2.75) is 52.0 Å². The number of hydrogen-bond acceptors (Lipinski definition) is 5. The summed E-state index contributed by atoms with van der Waals surface area (Å²) in [5.41, 5.74) is 4.65. The van der Waals surface area contributed by atoms with Crippen LogP contribution < -0.4 is 14.5 Å². The molecule has 0 radical (unpaired) electrons. The lowest BCUT2D eigenvalue weighted by Gasteiger charge is -2.27. The maximum atomic E-state index is 13.6. The summed E-state index contributed by atoms with van der Waals surface area (Å²) in [4.78, 5) is 31.1. The number of methoxy groups -OCH3 is 1. The normalized spacial score (nSPS) is 19.2. The van der Waals surface area contributed by atoms with E-state index in [0.29, 0.717) is 17.0 Å². The Labute approximate surface area is 230 Å². The van der Waals surface area contributed by atoms with Crippen LogP contribution in [0.4, 0.5) is 11.4 Å². The minimum Gasteiger partial charge on any atom is -0.507 e. The third-order valence-corrected chi connectivity index (χ3v) is 7.81. The Kier molecular flexibility index (Phi) is 6.98. The average Bonchev–Trinajstić information content (AvgIpc) is 3.55. The summed E-state index contributed by atoms with van der Waals surface area (Å²) in [6.45, 7) is 10.2. The topological polar surface area (TPSA) is 70.1 Å². The molecule has 6 nitrogen and oxygen atoms in total. The summed E-state index contributed by atoms with van der Waals surface area (Å²) >= 11 is 0. The van der Waals surface area contributed by atoms with E-state index in [0.717, 1.165) is 35.5 Å². The lowest BCUT2D eigenvalue weighted by molar-refractivity contribution is -0.132. The Hall–Kier alpha value is -4.06. The molecule has 0 spiro atoms. The van der Waals surface area contributed by atoms with Crippen LogP contribution in [-0.2, 0) is 15.0 Å². The summed E-state index contributed by atoms with van der Waals surface area (Å²) in [5, 5.41) is 11.7. The number of hydrogen-bond donors (Lipinski definition) is 1. The molecule has 3 aromatic rings. The first kappa shape index (κ1) is 26.5. The van der Waals surface area contributed by atoms with Gasteiger partial charge in [-0.25, -0.2) is 0 Å². The number of anilines is 2. The van der Waals surface area contributed by atoms with Crippen molar-refractivity contribution in [1.82, 2.24) is 0 Å². The Morgan fingerprint density at radius 3 is 2.18 bits per heavy atom. The van der Waals surface area contributed by atoms with Gasteiger partial charge in [-0.1, -0.05) is 45.0 Å². The number of ketones is 1. The third kappa shape index (κ3) is 4.80. The molecule has 2 fully saturated rings. The van der Waals surface area contributed by atoms with Crippen LogP contribution in [0.3, 0.4) is 0 Å². The second kappa shape index (κ2) is 10.3. The summed E-state index contributed by atoms with van der Waals surface area (Å²) < 4.78 is 5.57. The molecule has 1 N–H and O–H groups in total. The van der Waals surface area contributed by atoms with Gasteiger partial charge in [0.1, 0.15) is 11.5 Å². The molecule has 0 saturated carbocycles. The molecule has 6 heteroatoms. The van der Waals surface area contributed by atoms with Gasteiger partial charge in [0.25, 0.3) is 11.7 Å². The summed E-state index contributed by atoms with van der Waals surface area (Å²) in [7, 11) is 1.61. The van der Waals surface area contributed by atoms with E-state index >= 15 is 0 Å². The summed E-state index contributed by atoms with van der Waals surface area (Å²) in [6, 6.07) is 20.1. The zero-order valence-corrected chi connectivity index (χ0v) is 23.3. The highest BCUT2D eigenvalue weighted by Gasteiger charge is 2.47. The number of aryl methyl sites for hydroxylation is 1. The van der Waals surface area contributed by atoms with E-state index in [9.17, 15) is 14.7 Å². The van der Waals surface area contributed by atoms with Crippen molar-refractivity contribution in [3.8, 4) is 5.75 Å². The Morgan fingerprint density at radius 2 is 1.56 bits per heavy atom. The maximum absolute atomic E-state index is 13.6. The van der Waals surface area contributed by atoms with Gasteiger partial charge in [0.05, 0.1) is 18.7 Å². The molecule has 3 aromatic carbocycles. The molecule has 0 aromatic heterocycles. The Bertz CT molecular complexity index is 1440. The zero-order chi connectivity index (χ0) is 27.9. The SMILES string of the molecule is COc1ccc(/C(O)=C2\C(=O)C(=O)N(c3ccc(N4CCCC4)cc3)C2c2ccccc2C)cc1C(C)(C)C. The van der Waals surface area contributed by atoms with Gasteiger partial charge in [0, 0.05) is 35.6 Å². The number of nitrogens with zero attached hydrogens (tertiary/aromatic N) is 2. The van der Waals surface area contributed by atoms with Gasteiger partial charge < -0.3 is 14.7 Å². The minimum absolute atomic E-state index is 0.0861. The van der Waals surface area contributed by atoms with Crippen LogP contribution in [0.25, 0.3) is 5.76 Å². The standard InChI is InChI=1S/C33H36N2O4/c1-21-10-6-7-11-25(21)29-28(30(36)22-12-17-27(39-5)26(20-22)33(2,3)4)31(37)32(38)35(29)24-15-13-23(14-16-24)34-18-8-9-19-34/h6-7,10-17,20,29,36H,8-9,18-19H2,1-5H3/b30-28+. The maximum Gasteiger partial charge on any atom is 0.300 e. The monoisotopic (exact) mass is 524 g/mol. The zero-order valence-electron chi connectivity index (χ0n) is 23.3. The summed E-state index contributed by atoms with van der Waals surface area (Å²) in [5.74, 6) is -0.834. The molecule has 2 saturated heterocycles. The molecule has 2 aliphatic rings. The van der Waals surface area contributed by atoms with Crippen molar-refractivity contribution in [3.63, 3.8) is 0 Å². The van der Waals surface area contributed by atoms with Gasteiger partial charge >= 0.3 is 0 Å². The van der Waals surface area contributed by atoms with E-state index in [1.54, 1.807) is 19.2 Å². The van der Waals surface area contributed by atoms with Crippen molar-refractivity contribution in [1.29, 1.82) is 0 Å². The molecule has 0 bridgehead atoms. The van der Waals surface area contributed by atoms with Crippen LogP contribution in [-0.4, -0.2) is 37.0 Å². The van der Waals surface area contributed by atoms with E-state index in [1.165, 1.54) is 17.7 Å². The first-order chi connectivity index (χ1) is 18.6. The number of aliphatic hydroxyl groups is 1. The number of ether oxygens (including phenoxy) is 1. The molecule has 1 amide bonds. The van der Waals surface area contributed by atoms with Gasteiger partial charge in [0.2, 0.25) is 0 Å². The average molecular weight is 525 g/mol. The predicted molar refractivity (Wildman–Crippen MR) is 156 cm³/mol. The highest BCUT2D eigenvalue weighted by molar-refractivity contribution is 6.51. The fourth-order valence-corrected chi connectivity index (χ4v) is 5.68. The first-order valence-corrected chi connectivity index (χ1v) is 13.5. The molecule has 0 aliphatic carbocycles. The van der Waals surface area contributed by atoms with E-state index in [1.807, 2.05) is 61.5 Å². The highest BCUT2D eigenvalue weighted by Crippen LogP contribution is 2.44. The van der Waals surface area contributed by atoms with Crippen molar-refractivity contribution < 1.29 is 19.4 Å². The van der Waals surface area contributed by atoms with E-state index < -0.39 is 17.7 Å². The van der Waals surface area contributed by atoms with Crippen molar-refractivity contribution in [2.24, 2.45) is 0 Å².